The Bertz CT molecular complexity index is 635. The molecule has 1 heterocycles. The summed E-state index contributed by atoms with van der Waals surface area (Å²) >= 11 is 5.05. The summed E-state index contributed by atoms with van der Waals surface area (Å²) in [5.41, 5.74) is 0.909. The predicted octanol–water partition coefficient (Wildman–Crippen LogP) is 2.37. The van der Waals surface area contributed by atoms with E-state index in [1.165, 1.54) is 24.1 Å². The molecule has 0 radical (unpaired) electrons. The number of rotatable bonds is 5. The van der Waals surface area contributed by atoms with E-state index in [4.69, 9.17) is 17.0 Å². The fraction of sp³-hybridized carbons (Fsp3) is 0.286. The Labute approximate surface area is 131 Å². The van der Waals surface area contributed by atoms with E-state index in [0.29, 0.717) is 22.9 Å². The fourth-order valence-electron chi connectivity index (χ4n) is 1.99. The Morgan fingerprint density at radius 1 is 1.41 bits per heavy atom. The van der Waals surface area contributed by atoms with E-state index in [0.717, 1.165) is 0 Å². The van der Waals surface area contributed by atoms with Crippen LogP contribution in [0.3, 0.4) is 0 Å². The largest absolute Gasteiger partial charge is 0.493 e. The van der Waals surface area contributed by atoms with Crippen molar-refractivity contribution >= 4 is 29.3 Å². The van der Waals surface area contributed by atoms with E-state index in [1.54, 1.807) is 12.1 Å². The lowest BCUT2D eigenvalue weighted by Gasteiger charge is -2.10. The van der Waals surface area contributed by atoms with E-state index in [2.05, 4.69) is 10.1 Å². The average Bonchev–Trinajstić information content (AvgIpc) is 2.74. The second-order valence-electron chi connectivity index (χ2n) is 4.33. The van der Waals surface area contributed by atoms with Crippen molar-refractivity contribution in [2.24, 2.45) is 0 Å². The number of methoxy groups -OCH3 is 1. The third-order valence-electron chi connectivity index (χ3n) is 2.99. The van der Waals surface area contributed by atoms with Gasteiger partial charge < -0.3 is 14.8 Å². The van der Waals surface area contributed by atoms with Crippen LogP contribution in [0.5, 0.6) is 11.5 Å². The van der Waals surface area contributed by atoms with Gasteiger partial charge in [0.15, 0.2) is 16.6 Å². The van der Waals surface area contributed by atoms with Gasteiger partial charge in [0.2, 0.25) is 0 Å². The summed E-state index contributed by atoms with van der Waals surface area (Å²) in [6, 6.07) is 4.39. The zero-order chi connectivity index (χ0) is 16.3. The quantitative estimate of drug-likeness (QED) is 0.664. The number of carbonyl (C=O) groups excluding carboxylic acids is 1. The van der Waals surface area contributed by atoms with Gasteiger partial charge in [-0.25, -0.2) is 0 Å². The van der Waals surface area contributed by atoms with Crippen LogP contribution >= 0.6 is 12.2 Å². The van der Waals surface area contributed by atoms with E-state index in [1.807, 2.05) is 6.92 Å². The number of benzene rings is 1. The van der Waals surface area contributed by atoms with Crippen molar-refractivity contribution in [1.29, 1.82) is 0 Å². The van der Waals surface area contributed by atoms with E-state index >= 15 is 0 Å². The molecule has 2 rings (SSSR count). The number of hydrogen-bond acceptors (Lipinski definition) is 4. The highest BCUT2D eigenvalue weighted by atomic mass is 32.1. The summed E-state index contributed by atoms with van der Waals surface area (Å²) in [4.78, 5) is 13.5. The van der Waals surface area contributed by atoms with Crippen LogP contribution in [0.4, 0.5) is 8.78 Å². The maximum Gasteiger partial charge on any atom is 0.387 e. The minimum absolute atomic E-state index is 0.0731. The van der Waals surface area contributed by atoms with Crippen molar-refractivity contribution in [1.82, 2.24) is 10.2 Å². The summed E-state index contributed by atoms with van der Waals surface area (Å²) in [5, 5.41) is 3.15. The highest BCUT2D eigenvalue weighted by Gasteiger charge is 2.29. The lowest BCUT2D eigenvalue weighted by Crippen LogP contribution is -2.30. The monoisotopic (exact) mass is 328 g/mol. The highest BCUT2D eigenvalue weighted by Crippen LogP contribution is 2.30. The molecule has 1 amide bonds. The summed E-state index contributed by atoms with van der Waals surface area (Å²) in [5.74, 6) is -0.162. The molecule has 5 nitrogen and oxygen atoms in total. The normalized spacial score (nSPS) is 16.4. The van der Waals surface area contributed by atoms with E-state index in [9.17, 15) is 13.6 Å². The topological polar surface area (TPSA) is 50.8 Å². The molecule has 0 bridgehead atoms. The number of carbonyl (C=O) groups is 1. The first-order valence-corrected chi connectivity index (χ1v) is 6.84. The van der Waals surface area contributed by atoms with Crippen LogP contribution in [0.1, 0.15) is 12.5 Å². The predicted molar refractivity (Wildman–Crippen MR) is 80.7 cm³/mol. The number of nitrogens with one attached hydrogen (secondary N) is 1. The Balaban J connectivity index is 2.29. The van der Waals surface area contributed by atoms with Crippen molar-refractivity contribution in [3.05, 3.63) is 29.5 Å². The molecule has 1 aromatic rings. The number of halogens is 2. The van der Waals surface area contributed by atoms with Crippen molar-refractivity contribution < 1.29 is 23.0 Å². The number of nitrogens with zero attached hydrogens (tertiary/aromatic N) is 1. The van der Waals surface area contributed by atoms with Crippen LogP contribution in [0, 0.1) is 0 Å². The first-order chi connectivity index (χ1) is 10.5. The summed E-state index contributed by atoms with van der Waals surface area (Å²) in [7, 11) is 1.34. The standard InChI is InChI=1S/C14H14F2N2O3S/c1-3-18-12(19)9(17-14(18)22)6-8-4-5-10(21-13(15)16)11(7-8)20-2/h4-7,13H,3H2,1-2H3,(H,17,22). The van der Waals surface area contributed by atoms with Crippen LogP contribution in [0.15, 0.2) is 23.9 Å². The average molecular weight is 328 g/mol. The van der Waals surface area contributed by atoms with Gasteiger partial charge in [0.25, 0.3) is 5.91 Å². The van der Waals surface area contributed by atoms with Gasteiger partial charge in [-0.2, -0.15) is 8.78 Å². The molecule has 0 saturated carbocycles. The molecular weight excluding hydrogens is 314 g/mol. The molecule has 118 valence electrons. The van der Waals surface area contributed by atoms with Gasteiger partial charge in [-0.05, 0) is 42.9 Å². The highest BCUT2D eigenvalue weighted by molar-refractivity contribution is 7.80. The fourth-order valence-corrected chi connectivity index (χ4v) is 2.31. The second kappa shape index (κ2) is 6.69. The molecule has 1 aromatic carbocycles. The van der Waals surface area contributed by atoms with E-state index in [-0.39, 0.29) is 17.4 Å². The first kappa shape index (κ1) is 16.2. The summed E-state index contributed by atoms with van der Waals surface area (Å²) in [6.45, 7) is -0.660. The molecule has 22 heavy (non-hydrogen) atoms. The SMILES string of the molecule is CCN1C(=O)C(=Cc2ccc(OC(F)F)c(OC)c2)NC1=S. The number of amides is 1. The van der Waals surface area contributed by atoms with Gasteiger partial charge in [-0.15, -0.1) is 0 Å². The van der Waals surface area contributed by atoms with Gasteiger partial charge >= 0.3 is 6.61 Å². The number of thiocarbonyl (C=S) groups is 1. The summed E-state index contributed by atoms with van der Waals surface area (Å²) in [6.07, 6.45) is 1.57. The van der Waals surface area contributed by atoms with Crippen LogP contribution in [-0.2, 0) is 4.79 Å². The van der Waals surface area contributed by atoms with Crippen molar-refractivity contribution in [3.63, 3.8) is 0 Å². The number of alkyl halides is 2. The van der Waals surface area contributed by atoms with Crippen LogP contribution < -0.4 is 14.8 Å². The van der Waals surface area contributed by atoms with Crippen LogP contribution in [0.25, 0.3) is 6.08 Å². The van der Waals surface area contributed by atoms with Crippen molar-refractivity contribution in [3.8, 4) is 11.5 Å². The molecule has 0 spiro atoms. The molecule has 1 aliphatic heterocycles. The third-order valence-corrected chi connectivity index (χ3v) is 3.32. The third kappa shape index (κ3) is 3.33. The molecule has 1 saturated heterocycles. The maximum absolute atomic E-state index is 12.3. The van der Waals surface area contributed by atoms with Crippen LogP contribution in [-0.4, -0.2) is 36.2 Å². The molecule has 0 unspecified atom stereocenters. The van der Waals surface area contributed by atoms with E-state index < -0.39 is 6.61 Å². The molecule has 1 aliphatic rings. The molecule has 0 aliphatic carbocycles. The molecule has 0 aromatic heterocycles. The van der Waals surface area contributed by atoms with Gasteiger partial charge in [0.05, 0.1) is 7.11 Å². The van der Waals surface area contributed by atoms with Gasteiger partial charge in [-0.1, -0.05) is 6.07 Å². The Kier molecular flexibility index (Phi) is 4.92. The molecule has 1 N–H and O–H groups in total. The number of hydrogen-bond donors (Lipinski definition) is 1. The lowest BCUT2D eigenvalue weighted by atomic mass is 10.1. The second-order valence-corrected chi connectivity index (χ2v) is 4.71. The lowest BCUT2D eigenvalue weighted by molar-refractivity contribution is -0.122. The van der Waals surface area contributed by atoms with Gasteiger partial charge in [-0.3, -0.25) is 9.69 Å². The van der Waals surface area contributed by atoms with Crippen LogP contribution in [0.2, 0.25) is 0 Å². The maximum atomic E-state index is 12.3. The molecule has 0 atom stereocenters. The summed E-state index contributed by atoms with van der Waals surface area (Å²) < 4.78 is 33.9. The van der Waals surface area contributed by atoms with Gasteiger partial charge in [0.1, 0.15) is 5.70 Å². The Morgan fingerprint density at radius 2 is 2.14 bits per heavy atom. The first-order valence-electron chi connectivity index (χ1n) is 6.43. The van der Waals surface area contributed by atoms with Gasteiger partial charge in [0, 0.05) is 6.54 Å². The minimum atomic E-state index is -2.94. The zero-order valence-corrected chi connectivity index (χ0v) is 12.7. The minimum Gasteiger partial charge on any atom is -0.493 e. The molecule has 8 heteroatoms. The van der Waals surface area contributed by atoms with Crippen molar-refractivity contribution in [2.45, 2.75) is 13.5 Å². The molecule has 1 fully saturated rings. The smallest absolute Gasteiger partial charge is 0.387 e. The Hall–Kier alpha value is -2.22. The number of ether oxygens (including phenoxy) is 2. The molecular formula is C14H14F2N2O3S. The van der Waals surface area contributed by atoms with Crippen molar-refractivity contribution in [2.75, 3.05) is 13.7 Å². The Morgan fingerprint density at radius 3 is 2.68 bits per heavy atom. The number of likely N-dealkylation sites (N-methyl/N-ethyl adjacent to an activating group) is 1. The zero-order valence-electron chi connectivity index (χ0n) is 11.9.